The maximum absolute atomic E-state index is 12.0. The number of ether oxygens (including phenoxy) is 3. The third-order valence-corrected chi connectivity index (χ3v) is 4.54. The van der Waals surface area contributed by atoms with E-state index >= 15 is 0 Å². The number of nitrogens with one attached hydrogen (secondary N) is 1. The Morgan fingerprint density at radius 1 is 1.24 bits per heavy atom. The largest absolute Gasteiger partial charge is 0.493 e. The number of thioether (sulfide) groups is 1. The van der Waals surface area contributed by atoms with Gasteiger partial charge in [0, 0.05) is 13.6 Å². The Balaban J connectivity index is 1.94. The molecular formula is C20H26N2O6S. The summed E-state index contributed by atoms with van der Waals surface area (Å²) in [5, 5.41) is 1.83. The van der Waals surface area contributed by atoms with E-state index in [1.54, 1.807) is 31.3 Å². The first-order chi connectivity index (χ1) is 13.6. The maximum Gasteiger partial charge on any atom is 0.410 e. The molecule has 0 spiro atoms. The molecule has 1 aromatic rings. The van der Waals surface area contributed by atoms with Gasteiger partial charge in [-0.2, -0.15) is 0 Å². The smallest absolute Gasteiger partial charge is 0.410 e. The average Bonchev–Trinajstić information content (AvgIpc) is 2.94. The van der Waals surface area contributed by atoms with Gasteiger partial charge < -0.3 is 19.1 Å². The minimum absolute atomic E-state index is 0.324. The third kappa shape index (κ3) is 7.01. The Kier molecular flexibility index (Phi) is 7.55. The number of hydrogen-bond donors (Lipinski definition) is 1. The van der Waals surface area contributed by atoms with Gasteiger partial charge in [-0.05, 0) is 62.7 Å². The highest BCUT2D eigenvalue weighted by Crippen LogP contribution is 2.31. The molecule has 2 rings (SSSR count). The van der Waals surface area contributed by atoms with Gasteiger partial charge in [0.1, 0.15) is 5.60 Å². The molecule has 1 saturated heterocycles. The molecule has 1 aliphatic heterocycles. The number of carbonyl (C=O) groups excluding carboxylic acids is 3. The molecule has 1 N–H and O–H groups in total. The summed E-state index contributed by atoms with van der Waals surface area (Å²) in [5.74, 6) is 0.646. The van der Waals surface area contributed by atoms with Gasteiger partial charge in [0.05, 0.1) is 18.6 Å². The van der Waals surface area contributed by atoms with E-state index in [2.05, 4.69) is 5.32 Å². The molecule has 0 aromatic heterocycles. The zero-order valence-corrected chi connectivity index (χ0v) is 18.1. The molecule has 0 radical (unpaired) electrons. The van der Waals surface area contributed by atoms with E-state index in [1.165, 1.54) is 12.0 Å². The highest BCUT2D eigenvalue weighted by Gasteiger charge is 2.25. The van der Waals surface area contributed by atoms with Gasteiger partial charge in [0.2, 0.25) is 0 Å². The predicted octanol–water partition coefficient (Wildman–Crippen LogP) is 3.65. The van der Waals surface area contributed by atoms with Gasteiger partial charge in [-0.15, -0.1) is 0 Å². The van der Waals surface area contributed by atoms with Gasteiger partial charge >= 0.3 is 6.09 Å². The van der Waals surface area contributed by atoms with Crippen molar-refractivity contribution in [2.45, 2.75) is 32.8 Å². The van der Waals surface area contributed by atoms with Crippen LogP contribution in [-0.4, -0.2) is 55.0 Å². The zero-order valence-electron chi connectivity index (χ0n) is 17.2. The second-order valence-corrected chi connectivity index (χ2v) is 8.38. The second-order valence-electron chi connectivity index (χ2n) is 7.37. The van der Waals surface area contributed by atoms with E-state index in [0.717, 1.165) is 11.8 Å². The van der Waals surface area contributed by atoms with Gasteiger partial charge in [0.25, 0.3) is 11.1 Å². The Hall–Kier alpha value is -2.68. The van der Waals surface area contributed by atoms with Crippen LogP contribution in [0, 0.1) is 0 Å². The van der Waals surface area contributed by atoms with Crippen LogP contribution >= 0.6 is 11.8 Å². The fourth-order valence-corrected chi connectivity index (χ4v) is 3.07. The van der Waals surface area contributed by atoms with Crippen molar-refractivity contribution < 1.29 is 28.6 Å². The molecule has 0 saturated carbocycles. The maximum atomic E-state index is 12.0. The normalized spacial score (nSPS) is 15.3. The van der Waals surface area contributed by atoms with Crippen molar-refractivity contribution in [3.63, 3.8) is 0 Å². The summed E-state index contributed by atoms with van der Waals surface area (Å²) in [6.07, 6.45) is 1.83. The molecule has 1 heterocycles. The highest BCUT2D eigenvalue weighted by atomic mass is 32.2. The number of imide groups is 1. The van der Waals surface area contributed by atoms with Crippen LogP contribution in [0.2, 0.25) is 0 Å². The first kappa shape index (κ1) is 22.6. The summed E-state index contributed by atoms with van der Waals surface area (Å²) >= 11 is 0.856. The van der Waals surface area contributed by atoms with Crippen LogP contribution in [-0.2, 0) is 9.53 Å². The number of benzene rings is 1. The van der Waals surface area contributed by atoms with Gasteiger partial charge in [-0.3, -0.25) is 14.9 Å². The van der Waals surface area contributed by atoms with Crippen molar-refractivity contribution in [2.75, 3.05) is 27.3 Å². The van der Waals surface area contributed by atoms with Crippen LogP contribution < -0.4 is 14.8 Å². The molecule has 0 atom stereocenters. The Labute approximate surface area is 174 Å². The van der Waals surface area contributed by atoms with Crippen LogP contribution in [0.25, 0.3) is 6.08 Å². The lowest BCUT2D eigenvalue weighted by Crippen LogP contribution is -2.35. The number of rotatable bonds is 7. The predicted molar refractivity (Wildman–Crippen MR) is 111 cm³/mol. The van der Waals surface area contributed by atoms with Gasteiger partial charge in [-0.1, -0.05) is 6.07 Å². The summed E-state index contributed by atoms with van der Waals surface area (Å²) in [5.41, 5.74) is 0.169. The number of hydrogen-bond acceptors (Lipinski definition) is 7. The molecule has 1 aromatic carbocycles. The summed E-state index contributed by atoms with van der Waals surface area (Å²) in [7, 11) is 3.21. The number of methoxy groups -OCH3 is 1. The minimum Gasteiger partial charge on any atom is -0.493 e. The van der Waals surface area contributed by atoms with Crippen molar-refractivity contribution in [2.24, 2.45) is 0 Å². The van der Waals surface area contributed by atoms with Crippen LogP contribution in [0.3, 0.4) is 0 Å². The first-order valence-electron chi connectivity index (χ1n) is 9.09. The van der Waals surface area contributed by atoms with Crippen molar-refractivity contribution in [1.29, 1.82) is 0 Å². The van der Waals surface area contributed by atoms with E-state index in [-0.39, 0.29) is 11.3 Å². The van der Waals surface area contributed by atoms with E-state index in [0.29, 0.717) is 41.5 Å². The van der Waals surface area contributed by atoms with Crippen molar-refractivity contribution in [3.8, 4) is 11.5 Å². The molecule has 8 nitrogen and oxygen atoms in total. The summed E-state index contributed by atoms with van der Waals surface area (Å²) in [6, 6.07) is 5.24. The van der Waals surface area contributed by atoms with Crippen molar-refractivity contribution in [1.82, 2.24) is 10.2 Å². The number of amides is 3. The van der Waals surface area contributed by atoms with Crippen molar-refractivity contribution >= 4 is 35.1 Å². The van der Waals surface area contributed by atoms with Crippen LogP contribution in [0.4, 0.5) is 9.59 Å². The Morgan fingerprint density at radius 2 is 1.97 bits per heavy atom. The summed E-state index contributed by atoms with van der Waals surface area (Å²) < 4.78 is 16.4. The van der Waals surface area contributed by atoms with E-state index in [4.69, 9.17) is 14.2 Å². The molecule has 1 aliphatic rings. The summed E-state index contributed by atoms with van der Waals surface area (Å²) in [4.78, 5) is 36.8. The van der Waals surface area contributed by atoms with E-state index in [1.807, 2.05) is 20.8 Å². The molecule has 1 fully saturated rings. The Bertz CT molecular complexity index is 816. The monoisotopic (exact) mass is 422 g/mol. The molecule has 29 heavy (non-hydrogen) atoms. The van der Waals surface area contributed by atoms with Crippen molar-refractivity contribution in [3.05, 3.63) is 28.7 Å². The first-order valence-corrected chi connectivity index (χ1v) is 9.90. The molecule has 9 heteroatoms. The number of carbonyl (C=O) groups is 3. The fraction of sp³-hybridized carbons (Fsp3) is 0.450. The Morgan fingerprint density at radius 3 is 2.55 bits per heavy atom. The molecule has 158 valence electrons. The lowest BCUT2D eigenvalue weighted by Gasteiger charge is -2.24. The third-order valence-electron chi connectivity index (χ3n) is 3.73. The average molecular weight is 423 g/mol. The van der Waals surface area contributed by atoms with Gasteiger partial charge in [0.15, 0.2) is 11.5 Å². The molecule has 0 bridgehead atoms. The van der Waals surface area contributed by atoms with E-state index < -0.39 is 11.5 Å². The second kappa shape index (κ2) is 9.69. The number of nitrogens with zero attached hydrogens (tertiary/aromatic N) is 1. The highest BCUT2D eigenvalue weighted by molar-refractivity contribution is 8.18. The quantitative estimate of drug-likeness (QED) is 0.529. The lowest BCUT2D eigenvalue weighted by molar-refractivity contribution is -0.115. The van der Waals surface area contributed by atoms with Gasteiger partial charge in [-0.25, -0.2) is 4.79 Å². The molecule has 0 aliphatic carbocycles. The summed E-state index contributed by atoms with van der Waals surface area (Å²) in [6.45, 7) is 6.29. The topological polar surface area (TPSA) is 94.2 Å². The van der Waals surface area contributed by atoms with Crippen LogP contribution in [0.5, 0.6) is 11.5 Å². The molecule has 0 unspecified atom stereocenters. The molecule has 3 amide bonds. The zero-order chi connectivity index (χ0) is 21.6. The van der Waals surface area contributed by atoms with E-state index in [9.17, 15) is 14.4 Å². The van der Waals surface area contributed by atoms with Crippen LogP contribution in [0.1, 0.15) is 32.8 Å². The lowest BCUT2D eigenvalue weighted by atomic mass is 10.2. The minimum atomic E-state index is -0.538. The fourth-order valence-electron chi connectivity index (χ4n) is 2.38. The molecular weight excluding hydrogens is 396 g/mol. The van der Waals surface area contributed by atoms with Crippen LogP contribution in [0.15, 0.2) is 23.1 Å². The standard InChI is InChI=1S/C20H26N2O6S/c1-20(2,3)28-19(25)22(4)9-6-10-27-15-11-13(7-8-14(15)26-5)12-16-17(23)21-18(24)29-16/h7-8,11-12H,6,9-10H2,1-5H3,(H,21,23,24)/b16-12-. The SMILES string of the molecule is COc1ccc(/C=C2\SC(=O)NC2=O)cc1OCCCN(C)C(=O)OC(C)(C)C.